The molecule has 1 N–H and O–H groups in total. The van der Waals surface area contributed by atoms with Crippen molar-refractivity contribution in [3.05, 3.63) is 11.4 Å². The molecule has 1 aromatic heterocycles. The number of nitrogens with zero attached hydrogens (tertiary/aromatic N) is 4. The predicted octanol–water partition coefficient (Wildman–Crippen LogP) is 1.70. The predicted molar refractivity (Wildman–Crippen MR) is 77.4 cm³/mol. The SMILES string of the molecule is CCNC(C)C1CCCN(c2nnc(C)c(C)n2)C1. The van der Waals surface area contributed by atoms with Gasteiger partial charge in [-0.15, -0.1) is 5.10 Å². The zero-order chi connectivity index (χ0) is 13.8. The summed E-state index contributed by atoms with van der Waals surface area (Å²) in [6.07, 6.45) is 2.49. The van der Waals surface area contributed by atoms with Crippen LogP contribution < -0.4 is 10.2 Å². The highest BCUT2D eigenvalue weighted by atomic mass is 15.3. The molecule has 0 saturated carbocycles. The van der Waals surface area contributed by atoms with Crippen LogP contribution in [0.5, 0.6) is 0 Å². The van der Waals surface area contributed by atoms with E-state index < -0.39 is 0 Å². The molecule has 2 atom stereocenters. The van der Waals surface area contributed by atoms with Gasteiger partial charge >= 0.3 is 0 Å². The Bertz CT molecular complexity index is 420. The Morgan fingerprint density at radius 3 is 2.79 bits per heavy atom. The van der Waals surface area contributed by atoms with E-state index in [2.05, 4.69) is 39.2 Å². The number of hydrogen-bond acceptors (Lipinski definition) is 5. The molecule has 2 rings (SSSR count). The van der Waals surface area contributed by atoms with Gasteiger partial charge < -0.3 is 10.2 Å². The lowest BCUT2D eigenvalue weighted by Gasteiger charge is -2.35. The van der Waals surface area contributed by atoms with Crippen molar-refractivity contribution in [1.29, 1.82) is 0 Å². The van der Waals surface area contributed by atoms with Gasteiger partial charge in [-0.05, 0) is 46.1 Å². The third-order valence-corrected chi connectivity index (χ3v) is 4.05. The lowest BCUT2D eigenvalue weighted by atomic mass is 9.92. The number of hydrogen-bond donors (Lipinski definition) is 1. The standard InChI is InChI=1S/C14H25N5/c1-5-15-12(4)13-7-6-8-19(9-13)14-16-10(2)11(3)17-18-14/h12-13,15H,5-9H2,1-4H3. The summed E-state index contributed by atoms with van der Waals surface area (Å²) in [6.45, 7) is 11.5. The first-order valence-electron chi connectivity index (χ1n) is 7.28. The zero-order valence-electron chi connectivity index (χ0n) is 12.5. The maximum Gasteiger partial charge on any atom is 0.245 e. The van der Waals surface area contributed by atoms with Gasteiger partial charge in [-0.3, -0.25) is 0 Å². The Morgan fingerprint density at radius 1 is 1.32 bits per heavy atom. The van der Waals surface area contributed by atoms with Crippen LogP contribution in [0, 0.1) is 19.8 Å². The summed E-state index contributed by atoms with van der Waals surface area (Å²) >= 11 is 0. The molecule has 0 radical (unpaired) electrons. The molecular weight excluding hydrogens is 238 g/mol. The van der Waals surface area contributed by atoms with Crippen molar-refractivity contribution in [1.82, 2.24) is 20.5 Å². The lowest BCUT2D eigenvalue weighted by molar-refractivity contribution is 0.322. The summed E-state index contributed by atoms with van der Waals surface area (Å²) in [5.74, 6) is 1.45. The topological polar surface area (TPSA) is 53.9 Å². The molecule has 19 heavy (non-hydrogen) atoms. The molecule has 0 amide bonds. The van der Waals surface area contributed by atoms with Crippen LogP contribution in [0.4, 0.5) is 5.95 Å². The normalized spacial score (nSPS) is 21.5. The van der Waals surface area contributed by atoms with Crippen molar-refractivity contribution in [2.24, 2.45) is 5.92 Å². The summed E-state index contributed by atoms with van der Waals surface area (Å²) < 4.78 is 0. The van der Waals surface area contributed by atoms with E-state index in [1.807, 2.05) is 13.8 Å². The number of nitrogens with one attached hydrogen (secondary N) is 1. The Hall–Kier alpha value is -1.23. The monoisotopic (exact) mass is 263 g/mol. The van der Waals surface area contributed by atoms with Crippen molar-refractivity contribution in [3.8, 4) is 0 Å². The van der Waals surface area contributed by atoms with E-state index in [9.17, 15) is 0 Å². The highest BCUT2D eigenvalue weighted by Crippen LogP contribution is 2.22. The molecule has 1 aliphatic rings. The molecule has 1 aromatic rings. The molecule has 0 aliphatic carbocycles. The molecule has 2 unspecified atom stereocenters. The van der Waals surface area contributed by atoms with Crippen LogP contribution in [0.15, 0.2) is 0 Å². The molecule has 1 fully saturated rings. The first kappa shape index (κ1) is 14.2. The van der Waals surface area contributed by atoms with E-state index in [1.54, 1.807) is 0 Å². The van der Waals surface area contributed by atoms with Gasteiger partial charge in [-0.1, -0.05) is 6.92 Å². The van der Waals surface area contributed by atoms with Crippen LogP contribution in [0.2, 0.25) is 0 Å². The Kier molecular flexibility index (Phi) is 4.69. The van der Waals surface area contributed by atoms with E-state index in [0.29, 0.717) is 12.0 Å². The number of rotatable bonds is 4. The van der Waals surface area contributed by atoms with E-state index in [0.717, 1.165) is 37.0 Å². The highest BCUT2D eigenvalue weighted by molar-refractivity contribution is 5.30. The van der Waals surface area contributed by atoms with E-state index in [4.69, 9.17) is 0 Å². The van der Waals surface area contributed by atoms with Crippen LogP contribution in [0.3, 0.4) is 0 Å². The number of piperidine rings is 1. The summed E-state index contributed by atoms with van der Waals surface area (Å²) in [5, 5.41) is 12.0. The average molecular weight is 263 g/mol. The van der Waals surface area contributed by atoms with Crippen LogP contribution in [-0.4, -0.2) is 40.9 Å². The minimum absolute atomic E-state index is 0.548. The second kappa shape index (κ2) is 6.28. The molecule has 0 spiro atoms. The highest BCUT2D eigenvalue weighted by Gasteiger charge is 2.25. The Labute approximate surface area is 115 Å². The lowest BCUT2D eigenvalue weighted by Crippen LogP contribution is -2.45. The van der Waals surface area contributed by atoms with Gasteiger partial charge in [-0.2, -0.15) is 5.10 Å². The van der Waals surface area contributed by atoms with Crippen molar-refractivity contribution in [2.45, 2.75) is 46.6 Å². The molecule has 0 aromatic carbocycles. The minimum atomic E-state index is 0.548. The maximum absolute atomic E-state index is 4.57. The molecule has 5 nitrogen and oxygen atoms in total. The van der Waals surface area contributed by atoms with E-state index in [1.165, 1.54) is 12.8 Å². The van der Waals surface area contributed by atoms with Crippen LogP contribution >= 0.6 is 0 Å². The smallest absolute Gasteiger partial charge is 0.245 e. The van der Waals surface area contributed by atoms with Gasteiger partial charge in [0.1, 0.15) is 0 Å². The molecule has 0 bridgehead atoms. The number of aryl methyl sites for hydroxylation is 2. The van der Waals surface area contributed by atoms with Gasteiger partial charge in [-0.25, -0.2) is 4.98 Å². The fourth-order valence-corrected chi connectivity index (χ4v) is 2.67. The van der Waals surface area contributed by atoms with Gasteiger partial charge in [0.25, 0.3) is 0 Å². The van der Waals surface area contributed by atoms with Crippen LogP contribution in [0.25, 0.3) is 0 Å². The molecule has 1 aliphatic heterocycles. The summed E-state index contributed by atoms with van der Waals surface area (Å²) in [7, 11) is 0. The van der Waals surface area contributed by atoms with Crippen molar-refractivity contribution < 1.29 is 0 Å². The van der Waals surface area contributed by atoms with E-state index >= 15 is 0 Å². The fourth-order valence-electron chi connectivity index (χ4n) is 2.67. The molecule has 2 heterocycles. The molecule has 5 heteroatoms. The molecule has 1 saturated heterocycles. The quantitative estimate of drug-likeness (QED) is 0.896. The van der Waals surface area contributed by atoms with E-state index in [-0.39, 0.29) is 0 Å². The van der Waals surface area contributed by atoms with Gasteiger partial charge in [0, 0.05) is 19.1 Å². The Morgan fingerprint density at radius 2 is 2.11 bits per heavy atom. The summed E-state index contributed by atoms with van der Waals surface area (Å²) in [6, 6.07) is 0.548. The summed E-state index contributed by atoms with van der Waals surface area (Å²) in [5.41, 5.74) is 1.89. The Balaban J connectivity index is 2.06. The van der Waals surface area contributed by atoms with Crippen molar-refractivity contribution in [2.75, 3.05) is 24.5 Å². The number of aromatic nitrogens is 3. The number of anilines is 1. The van der Waals surface area contributed by atoms with Gasteiger partial charge in [0.2, 0.25) is 5.95 Å². The van der Waals surface area contributed by atoms with Crippen LogP contribution in [0.1, 0.15) is 38.1 Å². The largest absolute Gasteiger partial charge is 0.339 e. The van der Waals surface area contributed by atoms with Gasteiger partial charge in [0.15, 0.2) is 0 Å². The van der Waals surface area contributed by atoms with Gasteiger partial charge in [0.05, 0.1) is 11.4 Å². The minimum Gasteiger partial charge on any atom is -0.339 e. The second-order valence-corrected chi connectivity index (χ2v) is 5.48. The maximum atomic E-state index is 4.57. The average Bonchev–Trinajstić information content (AvgIpc) is 2.42. The zero-order valence-corrected chi connectivity index (χ0v) is 12.5. The molecular formula is C14H25N5. The summed E-state index contributed by atoms with van der Waals surface area (Å²) in [4.78, 5) is 6.85. The van der Waals surface area contributed by atoms with Crippen molar-refractivity contribution in [3.63, 3.8) is 0 Å². The third-order valence-electron chi connectivity index (χ3n) is 4.05. The second-order valence-electron chi connectivity index (χ2n) is 5.48. The first-order valence-corrected chi connectivity index (χ1v) is 7.28. The molecule has 106 valence electrons. The first-order chi connectivity index (χ1) is 9.11. The van der Waals surface area contributed by atoms with Crippen molar-refractivity contribution >= 4 is 5.95 Å². The third kappa shape index (κ3) is 3.41. The fraction of sp³-hybridized carbons (Fsp3) is 0.786. The van der Waals surface area contributed by atoms with Crippen LogP contribution in [-0.2, 0) is 0 Å².